The fourth-order valence-electron chi connectivity index (χ4n) is 2.22. The molecule has 0 aliphatic rings. The van der Waals surface area contributed by atoms with Gasteiger partial charge in [0.25, 0.3) is 0 Å². The van der Waals surface area contributed by atoms with E-state index in [9.17, 15) is 4.39 Å². The molecule has 2 heterocycles. The minimum absolute atomic E-state index is 0.270. The monoisotopic (exact) mass is 267 g/mol. The normalized spacial score (nSPS) is 10.8. The summed E-state index contributed by atoms with van der Waals surface area (Å²) in [5, 5.41) is 0.914. The van der Waals surface area contributed by atoms with Crippen molar-refractivity contribution in [2.75, 3.05) is 19.0 Å². The molecule has 0 aliphatic heterocycles. The second-order valence-corrected chi connectivity index (χ2v) is 4.83. The van der Waals surface area contributed by atoms with Gasteiger partial charge in [0.15, 0.2) is 0 Å². The Kier molecular flexibility index (Phi) is 3.06. The summed E-state index contributed by atoms with van der Waals surface area (Å²) in [6.45, 7) is 0. The maximum absolute atomic E-state index is 13.2. The molecule has 3 aromatic rings. The average Bonchev–Trinajstić information content (AvgIpc) is 2.46. The molecule has 3 nitrogen and oxygen atoms in total. The molecule has 0 radical (unpaired) electrons. The first-order chi connectivity index (χ1) is 9.65. The smallest absolute Gasteiger partial charge is 0.135 e. The molecule has 0 spiro atoms. The molecule has 0 aliphatic carbocycles. The van der Waals surface area contributed by atoms with Crippen LogP contribution in [0.15, 0.2) is 48.8 Å². The number of aromatic nitrogens is 2. The predicted molar refractivity (Wildman–Crippen MR) is 79.3 cm³/mol. The molecule has 3 rings (SSSR count). The van der Waals surface area contributed by atoms with Crippen molar-refractivity contribution in [2.24, 2.45) is 0 Å². The van der Waals surface area contributed by atoms with Crippen LogP contribution in [0.1, 0.15) is 0 Å². The van der Waals surface area contributed by atoms with Gasteiger partial charge in [0.2, 0.25) is 0 Å². The summed E-state index contributed by atoms with van der Waals surface area (Å²) in [7, 11) is 3.91. The van der Waals surface area contributed by atoms with E-state index in [1.165, 1.54) is 12.1 Å². The van der Waals surface area contributed by atoms with Gasteiger partial charge in [0.1, 0.15) is 11.6 Å². The van der Waals surface area contributed by atoms with E-state index in [2.05, 4.69) is 9.97 Å². The first kappa shape index (κ1) is 12.5. The minimum Gasteiger partial charge on any atom is -0.362 e. The molecule has 0 amide bonds. The van der Waals surface area contributed by atoms with E-state index >= 15 is 0 Å². The molecular weight excluding hydrogens is 253 g/mol. The molecule has 4 heteroatoms. The van der Waals surface area contributed by atoms with Crippen LogP contribution in [-0.2, 0) is 0 Å². The Balaban J connectivity index is 2.18. The van der Waals surface area contributed by atoms with Crippen molar-refractivity contribution in [1.29, 1.82) is 0 Å². The highest BCUT2D eigenvalue weighted by atomic mass is 19.1. The molecule has 0 saturated carbocycles. The van der Waals surface area contributed by atoms with E-state index in [1.54, 1.807) is 18.5 Å². The second kappa shape index (κ2) is 4.89. The highest BCUT2D eigenvalue weighted by Gasteiger charge is 2.09. The molecule has 20 heavy (non-hydrogen) atoms. The first-order valence-corrected chi connectivity index (χ1v) is 6.33. The number of hydrogen-bond acceptors (Lipinski definition) is 3. The highest BCUT2D eigenvalue weighted by Crippen LogP contribution is 2.29. The summed E-state index contributed by atoms with van der Waals surface area (Å²) in [5.74, 6) is 0.615. The van der Waals surface area contributed by atoms with Crippen molar-refractivity contribution < 1.29 is 4.39 Å². The quantitative estimate of drug-likeness (QED) is 0.711. The Hall–Kier alpha value is -2.49. The molecular formula is C16H14FN3. The number of halogens is 1. The first-order valence-electron chi connectivity index (χ1n) is 6.33. The lowest BCUT2D eigenvalue weighted by Gasteiger charge is -2.15. The lowest BCUT2D eigenvalue weighted by molar-refractivity contribution is 0.629. The van der Waals surface area contributed by atoms with E-state index in [1.807, 2.05) is 37.2 Å². The molecule has 0 saturated heterocycles. The summed E-state index contributed by atoms with van der Waals surface area (Å²) in [6, 6.07) is 10.5. The number of benzene rings is 1. The third-order valence-corrected chi connectivity index (χ3v) is 3.17. The zero-order chi connectivity index (χ0) is 14.1. The number of pyridine rings is 2. The van der Waals surface area contributed by atoms with Crippen LogP contribution in [0.3, 0.4) is 0 Å². The Labute approximate surface area is 116 Å². The zero-order valence-electron chi connectivity index (χ0n) is 11.3. The molecule has 0 bridgehead atoms. The van der Waals surface area contributed by atoms with Crippen LogP contribution in [0.25, 0.3) is 22.0 Å². The third kappa shape index (κ3) is 2.20. The van der Waals surface area contributed by atoms with Gasteiger partial charge in [-0.05, 0) is 30.3 Å². The fraction of sp³-hybridized carbons (Fsp3) is 0.125. The van der Waals surface area contributed by atoms with Crippen LogP contribution < -0.4 is 4.90 Å². The Bertz CT molecular complexity index is 769. The minimum atomic E-state index is -0.270. The van der Waals surface area contributed by atoms with Gasteiger partial charge in [-0.3, -0.25) is 4.98 Å². The van der Waals surface area contributed by atoms with Crippen LogP contribution >= 0.6 is 0 Å². The number of fused-ring (bicyclic) bond motifs is 1. The Morgan fingerprint density at radius 3 is 2.70 bits per heavy atom. The van der Waals surface area contributed by atoms with E-state index in [4.69, 9.17) is 0 Å². The van der Waals surface area contributed by atoms with E-state index in [0.717, 1.165) is 22.3 Å². The van der Waals surface area contributed by atoms with Gasteiger partial charge in [-0.15, -0.1) is 0 Å². The van der Waals surface area contributed by atoms with Crippen molar-refractivity contribution in [2.45, 2.75) is 0 Å². The van der Waals surface area contributed by atoms with Crippen molar-refractivity contribution in [3.05, 3.63) is 54.6 Å². The molecule has 0 N–H and O–H groups in total. The molecule has 0 fully saturated rings. The molecule has 0 unspecified atom stereocenters. The number of nitrogens with zero attached hydrogens (tertiary/aromatic N) is 3. The van der Waals surface area contributed by atoms with Gasteiger partial charge in [-0.1, -0.05) is 0 Å². The van der Waals surface area contributed by atoms with Crippen molar-refractivity contribution in [1.82, 2.24) is 9.97 Å². The van der Waals surface area contributed by atoms with Crippen molar-refractivity contribution in [3.63, 3.8) is 0 Å². The highest BCUT2D eigenvalue weighted by molar-refractivity contribution is 5.86. The Morgan fingerprint density at radius 2 is 1.90 bits per heavy atom. The van der Waals surface area contributed by atoms with Gasteiger partial charge in [0, 0.05) is 49.1 Å². The molecule has 1 aromatic carbocycles. The van der Waals surface area contributed by atoms with Crippen molar-refractivity contribution in [3.8, 4) is 11.1 Å². The summed E-state index contributed by atoms with van der Waals surface area (Å²) < 4.78 is 13.2. The van der Waals surface area contributed by atoms with Crippen molar-refractivity contribution >= 4 is 16.7 Å². The number of anilines is 1. The van der Waals surface area contributed by atoms with Gasteiger partial charge in [-0.2, -0.15) is 0 Å². The summed E-state index contributed by atoms with van der Waals surface area (Å²) in [4.78, 5) is 10.7. The maximum atomic E-state index is 13.2. The Morgan fingerprint density at radius 1 is 1.05 bits per heavy atom. The number of rotatable bonds is 2. The van der Waals surface area contributed by atoms with Crippen LogP contribution in [0.2, 0.25) is 0 Å². The SMILES string of the molecule is CN(C)c1ncccc1-c1cnc2cc(F)ccc2c1. The number of hydrogen-bond donors (Lipinski definition) is 0. The van der Waals surface area contributed by atoms with Gasteiger partial charge < -0.3 is 4.90 Å². The summed E-state index contributed by atoms with van der Waals surface area (Å²) >= 11 is 0. The summed E-state index contributed by atoms with van der Waals surface area (Å²) in [5.41, 5.74) is 2.64. The van der Waals surface area contributed by atoms with Crippen LogP contribution in [0, 0.1) is 5.82 Å². The average molecular weight is 267 g/mol. The van der Waals surface area contributed by atoms with Gasteiger partial charge >= 0.3 is 0 Å². The van der Waals surface area contributed by atoms with Gasteiger partial charge in [0.05, 0.1) is 5.52 Å². The predicted octanol–water partition coefficient (Wildman–Crippen LogP) is 3.50. The lowest BCUT2D eigenvalue weighted by atomic mass is 10.1. The maximum Gasteiger partial charge on any atom is 0.135 e. The van der Waals surface area contributed by atoms with Crippen LogP contribution in [0.5, 0.6) is 0 Å². The topological polar surface area (TPSA) is 29.0 Å². The van der Waals surface area contributed by atoms with Crippen LogP contribution in [-0.4, -0.2) is 24.1 Å². The largest absolute Gasteiger partial charge is 0.362 e. The van der Waals surface area contributed by atoms with Crippen LogP contribution in [0.4, 0.5) is 10.2 Å². The van der Waals surface area contributed by atoms with E-state index in [-0.39, 0.29) is 5.82 Å². The lowest BCUT2D eigenvalue weighted by Crippen LogP contribution is -2.11. The standard InChI is InChI=1S/C16H14FN3/c1-20(2)16-14(4-3-7-18-16)12-8-11-5-6-13(17)9-15(11)19-10-12/h3-10H,1-2H3. The molecule has 2 aromatic heterocycles. The molecule has 100 valence electrons. The fourth-order valence-corrected chi connectivity index (χ4v) is 2.22. The van der Waals surface area contributed by atoms with Gasteiger partial charge in [-0.25, -0.2) is 9.37 Å². The third-order valence-electron chi connectivity index (χ3n) is 3.17. The van der Waals surface area contributed by atoms with E-state index in [0.29, 0.717) is 5.52 Å². The second-order valence-electron chi connectivity index (χ2n) is 4.83. The molecule has 0 atom stereocenters. The summed E-state index contributed by atoms with van der Waals surface area (Å²) in [6.07, 6.45) is 3.52. The van der Waals surface area contributed by atoms with E-state index < -0.39 is 0 Å². The zero-order valence-corrected chi connectivity index (χ0v) is 11.3.